The molecule has 1 aromatic carbocycles. The lowest BCUT2D eigenvalue weighted by Crippen LogP contribution is -2.13. The van der Waals surface area contributed by atoms with Crippen LogP contribution in [0.3, 0.4) is 0 Å². The highest BCUT2D eigenvalue weighted by Gasteiger charge is 2.18. The van der Waals surface area contributed by atoms with E-state index in [4.69, 9.17) is 0 Å². The Morgan fingerprint density at radius 3 is 2.12 bits per heavy atom. The van der Waals surface area contributed by atoms with E-state index in [1.54, 1.807) is 0 Å². The smallest absolute Gasteiger partial charge is 0.103 e. The fourth-order valence-corrected chi connectivity index (χ4v) is 1.92. The lowest BCUT2D eigenvalue weighted by Gasteiger charge is -2.20. The summed E-state index contributed by atoms with van der Waals surface area (Å²) in [5.41, 5.74) is 2.54. The molecule has 90 valence electrons. The summed E-state index contributed by atoms with van der Waals surface area (Å²) < 4.78 is 13.7. The SMILES string of the molecule is CCC(CC(F)C(C)C)c1ccc(C)cc1. The molecule has 0 spiro atoms. The van der Waals surface area contributed by atoms with Crippen LogP contribution in [0.5, 0.6) is 0 Å². The first-order valence-electron chi connectivity index (χ1n) is 6.25. The summed E-state index contributed by atoms with van der Waals surface area (Å²) in [7, 11) is 0. The number of hydrogen-bond donors (Lipinski definition) is 0. The van der Waals surface area contributed by atoms with Crippen LogP contribution in [0.2, 0.25) is 0 Å². The van der Waals surface area contributed by atoms with Crippen LogP contribution in [0.4, 0.5) is 4.39 Å². The molecule has 0 radical (unpaired) electrons. The van der Waals surface area contributed by atoms with Gasteiger partial charge in [-0.1, -0.05) is 50.6 Å². The summed E-state index contributed by atoms with van der Waals surface area (Å²) >= 11 is 0. The van der Waals surface area contributed by atoms with Gasteiger partial charge in [-0.15, -0.1) is 0 Å². The maximum Gasteiger partial charge on any atom is 0.103 e. The molecular weight excluding hydrogens is 199 g/mol. The molecule has 0 saturated carbocycles. The van der Waals surface area contributed by atoms with Crippen molar-refractivity contribution in [2.75, 3.05) is 0 Å². The van der Waals surface area contributed by atoms with Crippen molar-refractivity contribution in [2.45, 2.75) is 52.6 Å². The van der Waals surface area contributed by atoms with Crippen molar-refractivity contribution in [3.63, 3.8) is 0 Å². The zero-order valence-corrected chi connectivity index (χ0v) is 10.8. The molecule has 1 rings (SSSR count). The highest BCUT2D eigenvalue weighted by Crippen LogP contribution is 2.28. The van der Waals surface area contributed by atoms with E-state index in [9.17, 15) is 4.39 Å². The van der Waals surface area contributed by atoms with E-state index in [0.717, 1.165) is 6.42 Å². The number of benzene rings is 1. The van der Waals surface area contributed by atoms with Crippen LogP contribution in [0.25, 0.3) is 0 Å². The molecule has 1 aromatic rings. The second kappa shape index (κ2) is 6.03. The zero-order valence-electron chi connectivity index (χ0n) is 10.8. The monoisotopic (exact) mass is 222 g/mol. The lowest BCUT2D eigenvalue weighted by molar-refractivity contribution is 0.224. The Hall–Kier alpha value is -0.850. The second-order valence-electron chi connectivity index (χ2n) is 5.01. The second-order valence-corrected chi connectivity index (χ2v) is 5.01. The summed E-state index contributed by atoms with van der Waals surface area (Å²) in [5, 5.41) is 0. The van der Waals surface area contributed by atoms with Gasteiger partial charge in [0, 0.05) is 0 Å². The minimum absolute atomic E-state index is 0.125. The lowest BCUT2D eigenvalue weighted by atomic mass is 9.88. The van der Waals surface area contributed by atoms with Gasteiger partial charge in [0.15, 0.2) is 0 Å². The third kappa shape index (κ3) is 3.62. The fourth-order valence-electron chi connectivity index (χ4n) is 1.92. The minimum atomic E-state index is -0.689. The summed E-state index contributed by atoms with van der Waals surface area (Å²) in [5.74, 6) is 0.484. The van der Waals surface area contributed by atoms with Crippen LogP contribution in [-0.4, -0.2) is 6.17 Å². The maximum atomic E-state index is 13.7. The molecule has 0 nitrogen and oxygen atoms in total. The van der Waals surface area contributed by atoms with Crippen LogP contribution in [0.1, 0.15) is 50.7 Å². The van der Waals surface area contributed by atoms with Gasteiger partial charge in [0.05, 0.1) is 0 Å². The van der Waals surface area contributed by atoms with Gasteiger partial charge in [-0.05, 0) is 37.2 Å². The Bertz CT molecular complexity index is 300. The number of halogens is 1. The van der Waals surface area contributed by atoms with E-state index >= 15 is 0 Å². The van der Waals surface area contributed by atoms with Crippen LogP contribution in [0.15, 0.2) is 24.3 Å². The standard InChI is InChI=1S/C15H23F/c1-5-13(10-15(16)11(2)3)14-8-6-12(4)7-9-14/h6-9,11,13,15H,5,10H2,1-4H3. The first-order chi connectivity index (χ1) is 7.54. The predicted octanol–water partition coefficient (Wildman–Crippen LogP) is 4.87. The number of hydrogen-bond acceptors (Lipinski definition) is 0. The molecule has 0 saturated heterocycles. The predicted molar refractivity (Wildman–Crippen MR) is 68.6 cm³/mol. The van der Waals surface area contributed by atoms with Crippen molar-refractivity contribution in [3.8, 4) is 0 Å². The molecule has 1 heteroatoms. The number of alkyl halides is 1. The average molecular weight is 222 g/mol. The van der Waals surface area contributed by atoms with E-state index in [1.165, 1.54) is 11.1 Å². The van der Waals surface area contributed by atoms with Crippen LogP contribution in [0, 0.1) is 12.8 Å². The van der Waals surface area contributed by atoms with Crippen LogP contribution in [-0.2, 0) is 0 Å². The molecular formula is C15H23F. The Kier molecular flexibility index (Phi) is 4.98. The van der Waals surface area contributed by atoms with Crippen LogP contribution < -0.4 is 0 Å². The Morgan fingerprint density at radius 1 is 1.12 bits per heavy atom. The zero-order chi connectivity index (χ0) is 12.1. The van der Waals surface area contributed by atoms with Gasteiger partial charge in [-0.2, -0.15) is 0 Å². The quantitative estimate of drug-likeness (QED) is 0.666. The van der Waals surface area contributed by atoms with Crippen molar-refractivity contribution in [3.05, 3.63) is 35.4 Å². The van der Waals surface area contributed by atoms with E-state index in [1.807, 2.05) is 13.8 Å². The van der Waals surface area contributed by atoms with Gasteiger partial charge in [0.1, 0.15) is 6.17 Å². The molecule has 0 aromatic heterocycles. The highest BCUT2D eigenvalue weighted by molar-refractivity contribution is 5.24. The largest absolute Gasteiger partial charge is 0.247 e. The van der Waals surface area contributed by atoms with Gasteiger partial charge in [-0.3, -0.25) is 0 Å². The topological polar surface area (TPSA) is 0 Å². The molecule has 0 aliphatic heterocycles. The molecule has 0 amide bonds. The van der Waals surface area contributed by atoms with E-state index in [0.29, 0.717) is 12.3 Å². The molecule has 0 aliphatic carbocycles. The Morgan fingerprint density at radius 2 is 1.69 bits per heavy atom. The molecule has 0 aliphatic rings. The molecule has 2 atom stereocenters. The molecule has 0 bridgehead atoms. The molecule has 16 heavy (non-hydrogen) atoms. The third-order valence-electron chi connectivity index (χ3n) is 3.27. The normalized spacial score (nSPS) is 15.1. The number of rotatable bonds is 5. The van der Waals surface area contributed by atoms with Gasteiger partial charge >= 0.3 is 0 Å². The Labute approximate surface area is 98.9 Å². The van der Waals surface area contributed by atoms with Crippen molar-refractivity contribution >= 4 is 0 Å². The summed E-state index contributed by atoms with van der Waals surface area (Å²) in [6.07, 6.45) is 0.971. The van der Waals surface area contributed by atoms with Gasteiger partial charge in [0.25, 0.3) is 0 Å². The number of aryl methyl sites for hydroxylation is 1. The van der Waals surface area contributed by atoms with E-state index < -0.39 is 6.17 Å². The fraction of sp³-hybridized carbons (Fsp3) is 0.600. The first kappa shape index (κ1) is 13.2. The molecule has 0 fully saturated rings. The molecule has 0 N–H and O–H groups in total. The highest BCUT2D eigenvalue weighted by atomic mass is 19.1. The third-order valence-corrected chi connectivity index (χ3v) is 3.27. The van der Waals surface area contributed by atoms with E-state index in [-0.39, 0.29) is 5.92 Å². The van der Waals surface area contributed by atoms with Crippen LogP contribution >= 0.6 is 0 Å². The van der Waals surface area contributed by atoms with Crippen molar-refractivity contribution in [2.24, 2.45) is 5.92 Å². The van der Waals surface area contributed by atoms with Gasteiger partial charge in [0.2, 0.25) is 0 Å². The van der Waals surface area contributed by atoms with Gasteiger partial charge in [-0.25, -0.2) is 4.39 Å². The summed E-state index contributed by atoms with van der Waals surface area (Å²) in [6, 6.07) is 8.49. The average Bonchev–Trinajstić information content (AvgIpc) is 2.26. The maximum absolute atomic E-state index is 13.7. The van der Waals surface area contributed by atoms with E-state index in [2.05, 4.69) is 38.1 Å². The Balaban J connectivity index is 2.70. The van der Waals surface area contributed by atoms with Crippen molar-refractivity contribution in [1.29, 1.82) is 0 Å². The molecule has 2 unspecified atom stereocenters. The first-order valence-corrected chi connectivity index (χ1v) is 6.25. The summed E-state index contributed by atoms with van der Waals surface area (Å²) in [4.78, 5) is 0. The molecule has 0 heterocycles. The van der Waals surface area contributed by atoms with Crippen molar-refractivity contribution < 1.29 is 4.39 Å². The summed E-state index contributed by atoms with van der Waals surface area (Å²) in [6.45, 7) is 8.12. The van der Waals surface area contributed by atoms with Crippen molar-refractivity contribution in [1.82, 2.24) is 0 Å². The minimum Gasteiger partial charge on any atom is -0.247 e. The van der Waals surface area contributed by atoms with Gasteiger partial charge < -0.3 is 0 Å².